The number of benzene rings is 1. The summed E-state index contributed by atoms with van der Waals surface area (Å²) in [7, 11) is 0. The van der Waals surface area contributed by atoms with Gasteiger partial charge in [-0.05, 0) is 61.5 Å². The Balaban J connectivity index is 2.09. The number of aromatic nitrogens is 2. The molecule has 0 saturated heterocycles. The number of nitrogens with zero attached hydrogens (tertiary/aromatic N) is 1. The Kier molecular flexibility index (Phi) is 3.05. The molecule has 1 fully saturated rings. The van der Waals surface area contributed by atoms with Crippen molar-refractivity contribution in [2.24, 2.45) is 5.41 Å². The molecule has 19 heavy (non-hydrogen) atoms. The number of aromatic amines is 1. The maximum absolute atomic E-state index is 5.56. The van der Waals surface area contributed by atoms with Gasteiger partial charge in [-0.25, -0.2) is 0 Å². The van der Waals surface area contributed by atoms with Crippen LogP contribution in [0.4, 0.5) is 0 Å². The SMILES string of the molecule is Cc1ccc2c(c1)[nH]c(=S)n2C1CCCC(C)(C)C1. The highest BCUT2D eigenvalue weighted by molar-refractivity contribution is 7.71. The molecule has 1 unspecified atom stereocenters. The molecule has 1 aromatic carbocycles. The van der Waals surface area contributed by atoms with Crippen LogP contribution in [0.15, 0.2) is 18.2 Å². The van der Waals surface area contributed by atoms with Crippen molar-refractivity contribution in [3.63, 3.8) is 0 Å². The third-order valence-electron chi connectivity index (χ3n) is 4.42. The van der Waals surface area contributed by atoms with Crippen molar-refractivity contribution in [2.45, 2.75) is 52.5 Å². The molecule has 102 valence electrons. The average molecular weight is 274 g/mol. The van der Waals surface area contributed by atoms with Crippen molar-refractivity contribution in [1.29, 1.82) is 0 Å². The topological polar surface area (TPSA) is 20.7 Å². The summed E-state index contributed by atoms with van der Waals surface area (Å²) in [6.45, 7) is 6.88. The molecule has 0 radical (unpaired) electrons. The van der Waals surface area contributed by atoms with Gasteiger partial charge in [0.15, 0.2) is 4.77 Å². The third kappa shape index (κ3) is 2.36. The molecule has 0 bridgehead atoms. The van der Waals surface area contributed by atoms with Crippen LogP contribution in [0, 0.1) is 17.1 Å². The first-order valence-electron chi connectivity index (χ1n) is 7.17. The van der Waals surface area contributed by atoms with Crippen LogP contribution in [0.25, 0.3) is 11.0 Å². The highest BCUT2D eigenvalue weighted by atomic mass is 32.1. The van der Waals surface area contributed by atoms with Gasteiger partial charge in [0.2, 0.25) is 0 Å². The molecule has 0 spiro atoms. The number of fused-ring (bicyclic) bond motifs is 1. The second-order valence-corrected chi connectivity index (χ2v) is 7.12. The first-order chi connectivity index (χ1) is 8.96. The molecule has 3 rings (SSSR count). The molecule has 1 saturated carbocycles. The largest absolute Gasteiger partial charge is 0.331 e. The van der Waals surface area contributed by atoms with Gasteiger partial charge < -0.3 is 9.55 Å². The van der Waals surface area contributed by atoms with E-state index < -0.39 is 0 Å². The zero-order valence-electron chi connectivity index (χ0n) is 12.0. The highest BCUT2D eigenvalue weighted by Gasteiger charge is 2.29. The summed E-state index contributed by atoms with van der Waals surface area (Å²) < 4.78 is 3.23. The summed E-state index contributed by atoms with van der Waals surface area (Å²) in [5.74, 6) is 0. The maximum Gasteiger partial charge on any atom is 0.178 e. The lowest BCUT2D eigenvalue weighted by molar-refractivity contribution is 0.185. The molecule has 0 aliphatic heterocycles. The number of hydrogen-bond donors (Lipinski definition) is 1. The van der Waals surface area contributed by atoms with Crippen molar-refractivity contribution >= 4 is 23.3 Å². The minimum absolute atomic E-state index is 0.436. The highest BCUT2D eigenvalue weighted by Crippen LogP contribution is 2.42. The molecule has 1 heterocycles. The predicted octanol–water partition coefficient (Wildman–Crippen LogP) is 5.15. The molecule has 1 atom stereocenters. The van der Waals surface area contributed by atoms with E-state index in [1.54, 1.807) is 0 Å². The molecular formula is C16H22N2S. The Hall–Kier alpha value is -1.09. The second kappa shape index (κ2) is 4.48. The van der Waals surface area contributed by atoms with E-state index in [0.717, 1.165) is 4.77 Å². The molecule has 1 aliphatic carbocycles. The average Bonchev–Trinajstić information content (AvgIpc) is 2.62. The molecule has 2 nitrogen and oxygen atoms in total. The van der Waals surface area contributed by atoms with Crippen LogP contribution in [0.2, 0.25) is 0 Å². The smallest absolute Gasteiger partial charge is 0.178 e. The molecule has 3 heteroatoms. The fourth-order valence-electron chi connectivity index (χ4n) is 3.49. The molecule has 1 aliphatic rings. The third-order valence-corrected chi connectivity index (χ3v) is 4.72. The van der Waals surface area contributed by atoms with Crippen LogP contribution < -0.4 is 0 Å². The molecule has 0 amide bonds. The fraction of sp³-hybridized carbons (Fsp3) is 0.562. The van der Waals surface area contributed by atoms with E-state index in [4.69, 9.17) is 12.2 Å². The lowest BCUT2D eigenvalue weighted by Gasteiger charge is -2.36. The zero-order chi connectivity index (χ0) is 13.6. The van der Waals surface area contributed by atoms with E-state index in [9.17, 15) is 0 Å². The fourth-order valence-corrected chi connectivity index (χ4v) is 3.84. The number of hydrogen-bond acceptors (Lipinski definition) is 1. The van der Waals surface area contributed by atoms with Crippen LogP contribution in [0.1, 0.15) is 51.1 Å². The van der Waals surface area contributed by atoms with Gasteiger partial charge in [-0.1, -0.05) is 26.3 Å². The van der Waals surface area contributed by atoms with Gasteiger partial charge in [0, 0.05) is 6.04 Å². The van der Waals surface area contributed by atoms with Gasteiger partial charge >= 0.3 is 0 Å². The Morgan fingerprint density at radius 2 is 2.16 bits per heavy atom. The number of rotatable bonds is 1. The van der Waals surface area contributed by atoms with E-state index in [0.29, 0.717) is 11.5 Å². The summed E-state index contributed by atoms with van der Waals surface area (Å²) in [6.07, 6.45) is 5.11. The normalized spacial score (nSPS) is 22.8. The number of aryl methyl sites for hydroxylation is 1. The van der Waals surface area contributed by atoms with Crippen molar-refractivity contribution in [3.05, 3.63) is 28.5 Å². The maximum atomic E-state index is 5.56. The Bertz CT molecular complexity index is 663. The lowest BCUT2D eigenvalue weighted by atomic mass is 9.75. The van der Waals surface area contributed by atoms with Crippen molar-refractivity contribution in [2.75, 3.05) is 0 Å². The number of H-pyrrole nitrogens is 1. The minimum atomic E-state index is 0.436. The van der Waals surface area contributed by atoms with Crippen LogP contribution in [0.3, 0.4) is 0 Å². The molecule has 2 aromatic rings. The minimum Gasteiger partial charge on any atom is -0.331 e. The Morgan fingerprint density at radius 1 is 1.37 bits per heavy atom. The first kappa shape index (κ1) is 12.9. The van der Waals surface area contributed by atoms with Gasteiger partial charge in [-0.3, -0.25) is 0 Å². The predicted molar refractivity (Wildman–Crippen MR) is 83.1 cm³/mol. The monoisotopic (exact) mass is 274 g/mol. The van der Waals surface area contributed by atoms with Gasteiger partial charge in [-0.2, -0.15) is 0 Å². The Morgan fingerprint density at radius 3 is 2.89 bits per heavy atom. The second-order valence-electron chi connectivity index (χ2n) is 6.74. The quantitative estimate of drug-likeness (QED) is 0.713. The standard InChI is InChI=1S/C16H22N2S/c1-11-6-7-14-13(9-11)17-15(19)18(14)12-5-4-8-16(2,3)10-12/h6-7,9,12H,4-5,8,10H2,1-3H3,(H,17,19). The van der Waals surface area contributed by atoms with Crippen LogP contribution in [0.5, 0.6) is 0 Å². The van der Waals surface area contributed by atoms with Crippen molar-refractivity contribution in [1.82, 2.24) is 9.55 Å². The van der Waals surface area contributed by atoms with Crippen LogP contribution in [-0.4, -0.2) is 9.55 Å². The van der Waals surface area contributed by atoms with Crippen LogP contribution in [-0.2, 0) is 0 Å². The number of imidazole rings is 1. The van der Waals surface area contributed by atoms with E-state index in [2.05, 4.69) is 48.5 Å². The summed E-state index contributed by atoms with van der Waals surface area (Å²) in [5.41, 5.74) is 4.15. The number of nitrogens with one attached hydrogen (secondary N) is 1. The van der Waals surface area contributed by atoms with Gasteiger partial charge in [0.25, 0.3) is 0 Å². The van der Waals surface area contributed by atoms with E-state index in [1.165, 1.54) is 42.3 Å². The molecular weight excluding hydrogens is 252 g/mol. The van der Waals surface area contributed by atoms with Crippen molar-refractivity contribution < 1.29 is 0 Å². The summed E-state index contributed by atoms with van der Waals surface area (Å²) >= 11 is 5.56. The van der Waals surface area contributed by atoms with Gasteiger partial charge in [0.05, 0.1) is 11.0 Å². The zero-order valence-corrected chi connectivity index (χ0v) is 12.8. The molecule has 1 N–H and O–H groups in total. The summed E-state index contributed by atoms with van der Waals surface area (Å²) in [4.78, 5) is 3.37. The molecule has 1 aromatic heterocycles. The Labute approximate surface area is 119 Å². The van der Waals surface area contributed by atoms with E-state index in [1.807, 2.05) is 0 Å². The van der Waals surface area contributed by atoms with E-state index >= 15 is 0 Å². The van der Waals surface area contributed by atoms with Gasteiger partial charge in [-0.15, -0.1) is 0 Å². The summed E-state index contributed by atoms with van der Waals surface area (Å²) in [6, 6.07) is 7.12. The first-order valence-corrected chi connectivity index (χ1v) is 7.58. The van der Waals surface area contributed by atoms with Crippen LogP contribution >= 0.6 is 12.2 Å². The lowest BCUT2D eigenvalue weighted by Crippen LogP contribution is -2.25. The summed E-state index contributed by atoms with van der Waals surface area (Å²) in [5, 5.41) is 0. The van der Waals surface area contributed by atoms with Crippen molar-refractivity contribution in [3.8, 4) is 0 Å². The van der Waals surface area contributed by atoms with Gasteiger partial charge in [0.1, 0.15) is 0 Å². The van der Waals surface area contributed by atoms with E-state index in [-0.39, 0.29) is 0 Å².